The molecule has 1 spiro atoms. The number of fused-ring (bicyclic) bond motifs is 13. The molecule has 1 unspecified atom stereocenters. The highest BCUT2D eigenvalue weighted by Gasteiger charge is 2.52. The van der Waals surface area contributed by atoms with Crippen LogP contribution in [0.2, 0.25) is 0 Å². The summed E-state index contributed by atoms with van der Waals surface area (Å²) in [4.78, 5) is 4.31. The molecule has 0 radical (unpaired) electrons. The fourth-order valence-corrected chi connectivity index (χ4v) is 11.7. The maximum absolute atomic E-state index is 9.24. The van der Waals surface area contributed by atoms with Gasteiger partial charge in [-0.2, -0.15) is 0 Å². The van der Waals surface area contributed by atoms with Gasteiger partial charge in [-0.3, -0.25) is 0 Å². The highest BCUT2D eigenvalue weighted by molar-refractivity contribution is 5.99. The van der Waals surface area contributed by atoms with E-state index in [9.17, 15) is 2.74 Å². The molecule has 3 aliphatic rings. The number of anilines is 6. The van der Waals surface area contributed by atoms with Crippen LogP contribution in [0.3, 0.4) is 0 Å². The molecule has 312 valence electrons. The summed E-state index contributed by atoms with van der Waals surface area (Å²) in [5, 5.41) is 0. The van der Waals surface area contributed by atoms with Crippen LogP contribution < -0.4 is 9.80 Å². The summed E-state index contributed by atoms with van der Waals surface area (Å²) in [7, 11) is 0. The van der Waals surface area contributed by atoms with Crippen molar-refractivity contribution in [2.24, 2.45) is 0 Å². The molecule has 0 amide bonds. The quantitative estimate of drug-likeness (QED) is 0.158. The molecule has 0 saturated carbocycles. The predicted molar refractivity (Wildman–Crippen MR) is 275 cm³/mol. The van der Waals surface area contributed by atoms with Crippen molar-refractivity contribution in [2.75, 3.05) is 9.80 Å². The van der Waals surface area contributed by atoms with E-state index >= 15 is 0 Å². The van der Waals surface area contributed by atoms with Gasteiger partial charge in [0, 0.05) is 33.7 Å². The van der Waals surface area contributed by atoms with E-state index in [-0.39, 0.29) is 35.3 Å². The molecule has 10 aromatic rings. The van der Waals surface area contributed by atoms with Gasteiger partial charge in [-0.05, 0) is 133 Å². The first-order valence-electron chi connectivity index (χ1n) is 25.2. The normalized spacial score (nSPS) is 16.4. The van der Waals surface area contributed by atoms with Crippen molar-refractivity contribution >= 4 is 34.1 Å². The van der Waals surface area contributed by atoms with E-state index in [1.54, 1.807) is 0 Å². The second-order valence-corrected chi connectivity index (χ2v) is 18.0. The third-order valence-electron chi connectivity index (χ3n) is 14.3. The Kier molecular flexibility index (Phi) is 7.41. The fraction of sp³-hybridized carbons (Fsp3) is 0.0625. The molecular formula is C64H46N2. The number of benzene rings is 10. The van der Waals surface area contributed by atoms with Crippen molar-refractivity contribution in [2.45, 2.75) is 24.7 Å². The van der Waals surface area contributed by atoms with Crippen LogP contribution in [0.4, 0.5) is 34.1 Å². The summed E-state index contributed by atoms with van der Waals surface area (Å²) in [6.45, 7) is 4.70. The van der Waals surface area contributed by atoms with E-state index in [1.807, 2.05) is 41.3 Å². The van der Waals surface area contributed by atoms with Crippen molar-refractivity contribution in [1.29, 1.82) is 0 Å². The molecule has 0 bridgehead atoms. The maximum Gasteiger partial charge on any atom is 0.0727 e. The second kappa shape index (κ2) is 14.7. The van der Waals surface area contributed by atoms with Crippen LogP contribution in [0.1, 0.15) is 54.1 Å². The molecule has 0 aromatic heterocycles. The molecule has 0 aliphatic heterocycles. The molecule has 0 saturated heterocycles. The number of para-hydroxylation sites is 3. The van der Waals surface area contributed by atoms with Crippen molar-refractivity contribution in [3.05, 3.63) is 276 Å². The lowest BCUT2D eigenvalue weighted by molar-refractivity contribution is 0.661. The van der Waals surface area contributed by atoms with Gasteiger partial charge in [0.1, 0.15) is 0 Å². The zero-order chi connectivity index (χ0) is 48.3. The van der Waals surface area contributed by atoms with Crippen LogP contribution in [-0.2, 0) is 10.8 Å². The Morgan fingerprint density at radius 1 is 0.333 bits per heavy atom. The average Bonchev–Trinajstić information content (AvgIpc) is 3.98. The second-order valence-electron chi connectivity index (χ2n) is 18.0. The average molecular weight is 848 g/mol. The monoisotopic (exact) mass is 847 g/mol. The Morgan fingerprint density at radius 3 is 1.44 bits per heavy atom. The van der Waals surface area contributed by atoms with E-state index in [2.05, 4.69) is 195 Å². The molecule has 0 N–H and O–H groups in total. The van der Waals surface area contributed by atoms with Gasteiger partial charge in [0.25, 0.3) is 0 Å². The van der Waals surface area contributed by atoms with Crippen molar-refractivity contribution in [1.82, 2.24) is 0 Å². The van der Waals surface area contributed by atoms with Gasteiger partial charge in [0.15, 0.2) is 0 Å². The first-order valence-corrected chi connectivity index (χ1v) is 22.7. The highest BCUT2D eigenvalue weighted by atomic mass is 15.2. The van der Waals surface area contributed by atoms with Gasteiger partial charge in [0.2, 0.25) is 0 Å². The fourth-order valence-electron chi connectivity index (χ4n) is 11.7. The van der Waals surface area contributed by atoms with Crippen molar-refractivity contribution in [3.8, 4) is 44.5 Å². The Labute approximate surface area is 394 Å². The Balaban J connectivity index is 1.10. The summed E-state index contributed by atoms with van der Waals surface area (Å²) in [6.07, 6.45) is 0. The third kappa shape index (κ3) is 5.42. The van der Waals surface area contributed by atoms with E-state index in [0.717, 1.165) is 72.7 Å². The SMILES string of the molecule is [2H]c1c([2H])c([2H])c(N(c2ccccc2)c2ccc3c(c2)C2(c4ccccc4-c4ccc(N(c5ccccc5-c5ccccc5)c5cccc6c5C(C)(C)c5ccccc5-6)cc42)c2ccccc2-3)c([2H])c1[2H]. The predicted octanol–water partition coefficient (Wildman–Crippen LogP) is 16.9. The van der Waals surface area contributed by atoms with Crippen LogP contribution in [0.15, 0.2) is 243 Å². The number of nitrogens with zero attached hydrogens (tertiary/aromatic N) is 2. The molecular weight excluding hydrogens is 797 g/mol. The molecule has 0 heterocycles. The van der Waals surface area contributed by atoms with Gasteiger partial charge in [0.05, 0.1) is 23.6 Å². The summed E-state index contributed by atoms with van der Waals surface area (Å²) in [5.74, 6) is 0. The Bertz CT molecular complexity index is 3790. The van der Waals surface area contributed by atoms with E-state index in [1.165, 1.54) is 22.3 Å². The van der Waals surface area contributed by atoms with Gasteiger partial charge in [-0.15, -0.1) is 0 Å². The van der Waals surface area contributed by atoms with Crippen LogP contribution in [0.25, 0.3) is 44.5 Å². The van der Waals surface area contributed by atoms with Crippen LogP contribution in [0, 0.1) is 0 Å². The van der Waals surface area contributed by atoms with E-state index in [4.69, 9.17) is 4.11 Å². The third-order valence-corrected chi connectivity index (χ3v) is 14.3. The summed E-state index contributed by atoms with van der Waals surface area (Å²) in [6, 6.07) is 73.7. The lowest BCUT2D eigenvalue weighted by Crippen LogP contribution is -2.27. The lowest BCUT2D eigenvalue weighted by atomic mass is 9.70. The van der Waals surface area contributed by atoms with Gasteiger partial charge in [-0.1, -0.05) is 196 Å². The highest BCUT2D eigenvalue weighted by Crippen LogP contribution is 2.64. The smallest absolute Gasteiger partial charge is 0.0727 e. The minimum atomic E-state index is -0.801. The molecule has 3 aliphatic carbocycles. The van der Waals surface area contributed by atoms with Crippen molar-refractivity contribution < 1.29 is 6.85 Å². The molecule has 2 nitrogen and oxygen atoms in total. The van der Waals surface area contributed by atoms with E-state index < -0.39 is 11.5 Å². The maximum atomic E-state index is 9.24. The zero-order valence-electron chi connectivity index (χ0n) is 41.6. The number of hydrogen-bond acceptors (Lipinski definition) is 2. The summed E-state index contributed by atoms with van der Waals surface area (Å²) < 4.78 is 44.5. The zero-order valence-corrected chi connectivity index (χ0v) is 36.6. The first kappa shape index (κ1) is 33.3. The molecule has 1 atom stereocenters. The standard InChI is InChI=1S/C64H46N2/c1-63(2)55-32-16-12-30-51(55)54-31-20-36-61(62(54)63)66(60-35-19-15-27-48(60)43-21-6-3-7-22-43)47-38-40-53-50-29-14-18-34-57(50)64(59(53)42-47)56-33-17-13-28-49(56)52-39-37-46(41-58(52)64)65(44-23-8-4-9-24-44)45-25-10-5-11-26-45/h3-42H,1-2H3/i4D,8D,9D,23D,24D. The molecule has 2 heteroatoms. The van der Waals surface area contributed by atoms with Crippen molar-refractivity contribution in [3.63, 3.8) is 0 Å². The Hall–Kier alpha value is -8.20. The topological polar surface area (TPSA) is 6.48 Å². The molecule has 10 aromatic carbocycles. The molecule has 0 fully saturated rings. The van der Waals surface area contributed by atoms with Gasteiger partial charge >= 0.3 is 0 Å². The number of hydrogen-bond donors (Lipinski definition) is 0. The Morgan fingerprint density at radius 2 is 0.803 bits per heavy atom. The largest absolute Gasteiger partial charge is 0.310 e. The summed E-state index contributed by atoms with van der Waals surface area (Å²) in [5.41, 5.74) is 19.9. The number of rotatable bonds is 7. The minimum absolute atomic E-state index is 0.0920. The van der Waals surface area contributed by atoms with Crippen LogP contribution >= 0.6 is 0 Å². The summed E-state index contributed by atoms with van der Waals surface area (Å²) >= 11 is 0. The minimum Gasteiger partial charge on any atom is -0.310 e. The lowest BCUT2D eigenvalue weighted by Gasteiger charge is -2.35. The van der Waals surface area contributed by atoms with Crippen LogP contribution in [0.5, 0.6) is 0 Å². The van der Waals surface area contributed by atoms with Gasteiger partial charge in [-0.25, -0.2) is 0 Å². The van der Waals surface area contributed by atoms with Gasteiger partial charge < -0.3 is 9.80 Å². The molecule has 13 rings (SSSR count). The first-order chi connectivity index (χ1) is 34.6. The van der Waals surface area contributed by atoms with E-state index in [0.29, 0.717) is 11.4 Å². The van der Waals surface area contributed by atoms with Crippen LogP contribution in [-0.4, -0.2) is 0 Å². The molecule has 66 heavy (non-hydrogen) atoms.